The van der Waals surface area contributed by atoms with E-state index in [1.54, 1.807) is 12.1 Å². The number of para-hydroxylation sites is 2. The van der Waals surface area contributed by atoms with Gasteiger partial charge in [0.25, 0.3) is 6.01 Å². The van der Waals surface area contributed by atoms with Crippen molar-refractivity contribution in [3.63, 3.8) is 0 Å². The summed E-state index contributed by atoms with van der Waals surface area (Å²) in [5.41, 5.74) is 2.29. The highest BCUT2D eigenvalue weighted by atomic mass is 19.1. The van der Waals surface area contributed by atoms with Crippen LogP contribution < -0.4 is 10.1 Å². The number of aromatic nitrogens is 1. The molecule has 1 heterocycles. The summed E-state index contributed by atoms with van der Waals surface area (Å²) < 4.78 is 24.3. The Kier molecular flexibility index (Phi) is 3.59. The average molecular weight is 320 g/mol. The fraction of sp³-hybridized carbons (Fsp3) is 0. The van der Waals surface area contributed by atoms with Crippen LogP contribution in [0, 0.1) is 5.82 Å². The SMILES string of the molecule is Fc1ccc(Oc2cccc(Nc3nc4ccccc4o3)c2)cc1. The highest BCUT2D eigenvalue weighted by molar-refractivity contribution is 5.75. The van der Waals surface area contributed by atoms with E-state index in [-0.39, 0.29) is 5.82 Å². The first-order chi connectivity index (χ1) is 11.8. The van der Waals surface area contributed by atoms with Crippen LogP contribution in [0.25, 0.3) is 11.1 Å². The van der Waals surface area contributed by atoms with Crippen molar-refractivity contribution in [3.05, 3.63) is 78.6 Å². The van der Waals surface area contributed by atoms with E-state index >= 15 is 0 Å². The van der Waals surface area contributed by atoms with Crippen molar-refractivity contribution < 1.29 is 13.5 Å². The van der Waals surface area contributed by atoms with Gasteiger partial charge in [0.1, 0.15) is 22.8 Å². The van der Waals surface area contributed by atoms with Crippen molar-refractivity contribution in [2.24, 2.45) is 0 Å². The van der Waals surface area contributed by atoms with Crippen molar-refractivity contribution in [1.29, 1.82) is 0 Å². The molecule has 0 unspecified atom stereocenters. The second-order valence-electron chi connectivity index (χ2n) is 5.20. The number of nitrogens with zero attached hydrogens (tertiary/aromatic N) is 1. The zero-order valence-electron chi connectivity index (χ0n) is 12.6. The Morgan fingerprint density at radius 1 is 0.875 bits per heavy atom. The van der Waals surface area contributed by atoms with E-state index in [1.807, 2.05) is 48.5 Å². The summed E-state index contributed by atoms with van der Waals surface area (Å²) in [6.45, 7) is 0. The zero-order chi connectivity index (χ0) is 16.4. The topological polar surface area (TPSA) is 47.3 Å². The van der Waals surface area contributed by atoms with Crippen molar-refractivity contribution in [3.8, 4) is 11.5 Å². The third-order valence-corrected chi connectivity index (χ3v) is 3.43. The minimum Gasteiger partial charge on any atom is -0.457 e. The first kappa shape index (κ1) is 14.3. The third kappa shape index (κ3) is 3.05. The van der Waals surface area contributed by atoms with Gasteiger partial charge in [0, 0.05) is 11.8 Å². The largest absolute Gasteiger partial charge is 0.457 e. The predicted molar refractivity (Wildman–Crippen MR) is 90.2 cm³/mol. The van der Waals surface area contributed by atoms with Crippen molar-refractivity contribution >= 4 is 22.8 Å². The maximum atomic E-state index is 12.9. The lowest BCUT2D eigenvalue weighted by molar-refractivity contribution is 0.481. The van der Waals surface area contributed by atoms with Gasteiger partial charge in [-0.1, -0.05) is 18.2 Å². The van der Waals surface area contributed by atoms with E-state index in [0.29, 0.717) is 17.5 Å². The number of hydrogen-bond donors (Lipinski definition) is 1. The molecule has 4 aromatic rings. The first-order valence-corrected chi connectivity index (χ1v) is 7.42. The molecule has 5 heteroatoms. The Labute approximate surface area is 137 Å². The monoisotopic (exact) mass is 320 g/mol. The van der Waals surface area contributed by atoms with Gasteiger partial charge in [0.05, 0.1) is 0 Å². The molecule has 4 nitrogen and oxygen atoms in total. The lowest BCUT2D eigenvalue weighted by atomic mass is 10.3. The summed E-state index contributed by atoms with van der Waals surface area (Å²) in [6, 6.07) is 21.2. The molecule has 0 radical (unpaired) electrons. The summed E-state index contributed by atoms with van der Waals surface area (Å²) in [4.78, 5) is 4.37. The number of anilines is 2. The summed E-state index contributed by atoms with van der Waals surface area (Å²) in [5, 5.41) is 3.11. The normalized spacial score (nSPS) is 10.7. The summed E-state index contributed by atoms with van der Waals surface area (Å²) in [7, 11) is 0. The van der Waals surface area contributed by atoms with Gasteiger partial charge in [-0.2, -0.15) is 4.98 Å². The quantitative estimate of drug-likeness (QED) is 0.539. The zero-order valence-corrected chi connectivity index (χ0v) is 12.6. The number of rotatable bonds is 4. The number of nitrogens with one attached hydrogen (secondary N) is 1. The van der Waals surface area contributed by atoms with E-state index in [9.17, 15) is 4.39 Å². The molecule has 4 rings (SSSR count). The maximum Gasteiger partial charge on any atom is 0.300 e. The van der Waals surface area contributed by atoms with Gasteiger partial charge >= 0.3 is 0 Å². The van der Waals surface area contributed by atoms with Crippen molar-refractivity contribution in [2.45, 2.75) is 0 Å². The van der Waals surface area contributed by atoms with E-state index in [2.05, 4.69) is 10.3 Å². The van der Waals surface area contributed by atoms with Crippen LogP contribution in [0.15, 0.2) is 77.2 Å². The molecule has 0 bridgehead atoms. The van der Waals surface area contributed by atoms with Crippen LogP contribution in [-0.2, 0) is 0 Å². The molecule has 24 heavy (non-hydrogen) atoms. The minimum atomic E-state index is -0.297. The van der Waals surface area contributed by atoms with Gasteiger partial charge in [0.15, 0.2) is 5.58 Å². The average Bonchev–Trinajstić information content (AvgIpc) is 2.99. The Bertz CT molecular complexity index is 947. The Hall–Kier alpha value is -3.34. The lowest BCUT2D eigenvalue weighted by Gasteiger charge is -2.07. The Balaban J connectivity index is 1.54. The molecule has 3 aromatic carbocycles. The number of fused-ring (bicyclic) bond motifs is 1. The molecule has 118 valence electrons. The molecule has 0 aliphatic carbocycles. The highest BCUT2D eigenvalue weighted by Gasteiger charge is 2.06. The van der Waals surface area contributed by atoms with Gasteiger partial charge in [-0.3, -0.25) is 0 Å². The van der Waals surface area contributed by atoms with Crippen LogP contribution in [0.1, 0.15) is 0 Å². The first-order valence-electron chi connectivity index (χ1n) is 7.42. The van der Waals surface area contributed by atoms with E-state index in [4.69, 9.17) is 9.15 Å². The number of benzene rings is 3. The van der Waals surface area contributed by atoms with Crippen molar-refractivity contribution in [1.82, 2.24) is 4.98 Å². The molecule has 0 fully saturated rings. The molecular formula is C19H13FN2O2. The van der Waals surface area contributed by atoms with Crippen LogP contribution in [0.5, 0.6) is 11.5 Å². The molecular weight excluding hydrogens is 307 g/mol. The predicted octanol–water partition coefficient (Wildman–Crippen LogP) is 5.50. The van der Waals surface area contributed by atoms with Gasteiger partial charge in [-0.05, 0) is 48.5 Å². The van der Waals surface area contributed by atoms with E-state index in [0.717, 1.165) is 16.8 Å². The highest BCUT2D eigenvalue weighted by Crippen LogP contribution is 2.27. The second-order valence-corrected chi connectivity index (χ2v) is 5.20. The van der Waals surface area contributed by atoms with Gasteiger partial charge < -0.3 is 14.5 Å². The molecule has 0 amide bonds. The Morgan fingerprint density at radius 2 is 1.71 bits per heavy atom. The van der Waals surface area contributed by atoms with Crippen molar-refractivity contribution in [2.75, 3.05) is 5.32 Å². The molecule has 1 aromatic heterocycles. The van der Waals surface area contributed by atoms with Crippen LogP contribution >= 0.6 is 0 Å². The third-order valence-electron chi connectivity index (χ3n) is 3.43. The van der Waals surface area contributed by atoms with Gasteiger partial charge in [0.2, 0.25) is 0 Å². The van der Waals surface area contributed by atoms with E-state index < -0.39 is 0 Å². The summed E-state index contributed by atoms with van der Waals surface area (Å²) in [5.74, 6) is 0.895. The number of hydrogen-bond acceptors (Lipinski definition) is 4. The standard InChI is InChI=1S/C19H13FN2O2/c20-13-8-10-15(11-9-13)23-16-5-3-4-14(12-16)21-19-22-17-6-1-2-7-18(17)24-19/h1-12H,(H,21,22). The molecule has 0 saturated heterocycles. The van der Waals surface area contributed by atoms with Crippen LogP contribution in [0.4, 0.5) is 16.1 Å². The summed E-state index contributed by atoms with van der Waals surface area (Å²) in [6.07, 6.45) is 0. The minimum absolute atomic E-state index is 0.297. The Morgan fingerprint density at radius 3 is 2.54 bits per heavy atom. The molecule has 0 saturated carbocycles. The number of ether oxygens (including phenoxy) is 1. The van der Waals surface area contributed by atoms with E-state index in [1.165, 1.54) is 12.1 Å². The summed E-state index contributed by atoms with van der Waals surface area (Å²) >= 11 is 0. The molecule has 0 aliphatic heterocycles. The fourth-order valence-corrected chi connectivity index (χ4v) is 2.33. The smallest absolute Gasteiger partial charge is 0.300 e. The van der Waals surface area contributed by atoms with Crippen LogP contribution in [-0.4, -0.2) is 4.98 Å². The second kappa shape index (κ2) is 6.04. The number of halogens is 1. The molecule has 1 N–H and O–H groups in total. The van der Waals surface area contributed by atoms with Crippen LogP contribution in [0.3, 0.4) is 0 Å². The molecule has 0 spiro atoms. The van der Waals surface area contributed by atoms with Crippen LogP contribution in [0.2, 0.25) is 0 Å². The molecule has 0 aliphatic rings. The fourth-order valence-electron chi connectivity index (χ4n) is 2.33. The van der Waals surface area contributed by atoms with Gasteiger partial charge in [-0.25, -0.2) is 4.39 Å². The lowest BCUT2D eigenvalue weighted by Crippen LogP contribution is -1.91. The number of oxazole rings is 1. The maximum absolute atomic E-state index is 12.9. The molecule has 0 atom stereocenters. The van der Waals surface area contributed by atoms with Gasteiger partial charge in [-0.15, -0.1) is 0 Å².